The predicted molar refractivity (Wildman–Crippen MR) is 69.0 cm³/mol. The molecule has 0 N–H and O–H groups in total. The normalized spacial score (nSPS) is 13.6. The summed E-state index contributed by atoms with van der Waals surface area (Å²) in [5, 5.41) is 1.22. The largest absolute Gasteiger partial charge is 0.461 e. The van der Waals surface area contributed by atoms with Gasteiger partial charge in [0.15, 0.2) is 0 Å². The average molecular weight is 216 g/mol. The molecule has 1 aromatic heterocycles. The first kappa shape index (κ1) is 11.3. The van der Waals surface area contributed by atoms with Crippen LogP contribution in [0.3, 0.4) is 0 Å². The Bertz CT molecular complexity index is 479. The van der Waals surface area contributed by atoms with E-state index >= 15 is 0 Å². The van der Waals surface area contributed by atoms with Crippen LogP contribution in [0.1, 0.15) is 57.3 Å². The molecule has 1 unspecified atom stereocenters. The van der Waals surface area contributed by atoms with Crippen LogP contribution in [0.15, 0.2) is 28.7 Å². The monoisotopic (exact) mass is 216 g/mol. The van der Waals surface area contributed by atoms with Crippen molar-refractivity contribution in [3.8, 4) is 0 Å². The lowest BCUT2D eigenvalue weighted by Gasteiger charge is -2.04. The molecule has 0 aliphatic rings. The third-order valence-electron chi connectivity index (χ3n) is 3.33. The molecule has 0 spiro atoms. The van der Waals surface area contributed by atoms with Crippen LogP contribution in [0, 0.1) is 0 Å². The fourth-order valence-electron chi connectivity index (χ4n) is 1.87. The Morgan fingerprint density at radius 1 is 1.12 bits per heavy atom. The molecule has 16 heavy (non-hydrogen) atoms. The number of furan rings is 1. The Morgan fingerprint density at radius 3 is 2.50 bits per heavy atom. The van der Waals surface area contributed by atoms with Crippen LogP contribution >= 0.6 is 0 Å². The van der Waals surface area contributed by atoms with Crippen LogP contribution < -0.4 is 0 Å². The van der Waals surface area contributed by atoms with E-state index in [4.69, 9.17) is 4.42 Å². The molecule has 1 nitrogen and oxygen atoms in total. The van der Waals surface area contributed by atoms with E-state index in [0.29, 0.717) is 11.8 Å². The van der Waals surface area contributed by atoms with Crippen molar-refractivity contribution in [2.75, 3.05) is 0 Å². The van der Waals surface area contributed by atoms with E-state index in [0.717, 1.165) is 17.8 Å². The Morgan fingerprint density at radius 2 is 1.88 bits per heavy atom. The number of hydrogen-bond acceptors (Lipinski definition) is 1. The van der Waals surface area contributed by atoms with Gasteiger partial charge in [-0.05, 0) is 30.0 Å². The number of fused-ring (bicyclic) bond motifs is 1. The van der Waals surface area contributed by atoms with Crippen LogP contribution in [0.25, 0.3) is 11.0 Å². The molecule has 0 fully saturated rings. The zero-order valence-electron chi connectivity index (χ0n) is 10.6. The van der Waals surface area contributed by atoms with E-state index in [1.165, 1.54) is 10.9 Å². The zero-order chi connectivity index (χ0) is 11.7. The topological polar surface area (TPSA) is 13.1 Å². The molecule has 0 radical (unpaired) electrons. The molecule has 0 aliphatic heterocycles. The lowest BCUT2D eigenvalue weighted by molar-refractivity contribution is 0.499. The maximum Gasteiger partial charge on any atom is 0.134 e. The number of benzene rings is 1. The van der Waals surface area contributed by atoms with Crippen LogP contribution in [0.4, 0.5) is 0 Å². The Balaban J connectivity index is 2.46. The third-order valence-corrected chi connectivity index (χ3v) is 3.33. The first-order valence-corrected chi connectivity index (χ1v) is 6.15. The SMILES string of the molecule is CCC(C)c1cc2ccc(C(C)C)cc2o1. The molecular weight excluding hydrogens is 196 g/mol. The summed E-state index contributed by atoms with van der Waals surface area (Å²) in [6.45, 7) is 8.82. The summed E-state index contributed by atoms with van der Waals surface area (Å²) < 4.78 is 5.91. The van der Waals surface area contributed by atoms with Crippen molar-refractivity contribution < 1.29 is 4.42 Å². The maximum atomic E-state index is 5.91. The van der Waals surface area contributed by atoms with Crippen LogP contribution in [0.2, 0.25) is 0 Å². The van der Waals surface area contributed by atoms with Gasteiger partial charge in [-0.2, -0.15) is 0 Å². The lowest BCUT2D eigenvalue weighted by atomic mass is 10.0. The van der Waals surface area contributed by atoms with Gasteiger partial charge in [-0.25, -0.2) is 0 Å². The van der Waals surface area contributed by atoms with Crippen LogP contribution in [-0.4, -0.2) is 0 Å². The Hall–Kier alpha value is -1.24. The molecule has 1 heterocycles. The second-order valence-electron chi connectivity index (χ2n) is 4.91. The highest BCUT2D eigenvalue weighted by atomic mass is 16.3. The molecular formula is C15H20O. The summed E-state index contributed by atoms with van der Waals surface area (Å²) in [7, 11) is 0. The van der Waals surface area contributed by atoms with Crippen molar-refractivity contribution in [1.29, 1.82) is 0 Å². The first-order valence-electron chi connectivity index (χ1n) is 6.15. The standard InChI is InChI=1S/C15H20O/c1-5-11(4)14-9-13-7-6-12(10(2)3)8-15(13)16-14/h6-11H,5H2,1-4H3. The molecule has 1 aromatic carbocycles. The highest BCUT2D eigenvalue weighted by Gasteiger charge is 2.10. The van der Waals surface area contributed by atoms with E-state index in [9.17, 15) is 0 Å². The molecule has 1 atom stereocenters. The van der Waals surface area contributed by atoms with Crippen LogP contribution in [-0.2, 0) is 0 Å². The van der Waals surface area contributed by atoms with Gasteiger partial charge in [0, 0.05) is 11.3 Å². The van der Waals surface area contributed by atoms with Gasteiger partial charge in [0.05, 0.1) is 0 Å². The first-order chi connectivity index (χ1) is 7.61. The molecule has 1 heteroatoms. The molecule has 0 saturated carbocycles. The quantitative estimate of drug-likeness (QED) is 0.698. The molecule has 2 rings (SSSR count). The summed E-state index contributed by atoms with van der Waals surface area (Å²) in [5.41, 5.74) is 2.37. The lowest BCUT2D eigenvalue weighted by Crippen LogP contribution is -1.86. The zero-order valence-corrected chi connectivity index (χ0v) is 10.6. The minimum atomic E-state index is 0.509. The average Bonchev–Trinajstić information content (AvgIpc) is 2.70. The summed E-state index contributed by atoms with van der Waals surface area (Å²) in [5.74, 6) is 2.18. The van der Waals surface area contributed by atoms with Gasteiger partial charge in [-0.15, -0.1) is 0 Å². The van der Waals surface area contributed by atoms with Crippen molar-refractivity contribution >= 4 is 11.0 Å². The minimum absolute atomic E-state index is 0.509. The van der Waals surface area contributed by atoms with Gasteiger partial charge in [0.1, 0.15) is 11.3 Å². The van der Waals surface area contributed by atoms with Crippen molar-refractivity contribution in [1.82, 2.24) is 0 Å². The highest BCUT2D eigenvalue weighted by Crippen LogP contribution is 2.28. The Labute approximate surface area is 97.5 Å². The Kier molecular flexibility index (Phi) is 3.04. The van der Waals surface area contributed by atoms with Crippen LogP contribution in [0.5, 0.6) is 0 Å². The summed E-state index contributed by atoms with van der Waals surface area (Å²) in [6.07, 6.45) is 1.12. The van der Waals surface area contributed by atoms with Crippen molar-refractivity contribution in [3.05, 3.63) is 35.6 Å². The summed E-state index contributed by atoms with van der Waals surface area (Å²) in [6, 6.07) is 8.71. The molecule has 0 saturated heterocycles. The second-order valence-corrected chi connectivity index (χ2v) is 4.91. The van der Waals surface area contributed by atoms with E-state index in [1.807, 2.05) is 0 Å². The van der Waals surface area contributed by atoms with Gasteiger partial charge in [0.2, 0.25) is 0 Å². The fourth-order valence-corrected chi connectivity index (χ4v) is 1.87. The van der Waals surface area contributed by atoms with Crippen molar-refractivity contribution in [2.24, 2.45) is 0 Å². The van der Waals surface area contributed by atoms with Gasteiger partial charge in [0.25, 0.3) is 0 Å². The molecule has 2 aromatic rings. The van der Waals surface area contributed by atoms with E-state index in [2.05, 4.69) is 52.0 Å². The predicted octanol–water partition coefficient (Wildman–Crippen LogP) is 5.07. The van der Waals surface area contributed by atoms with Gasteiger partial charge in [-0.1, -0.05) is 39.8 Å². The van der Waals surface area contributed by atoms with E-state index in [-0.39, 0.29) is 0 Å². The molecule has 0 bridgehead atoms. The highest BCUT2D eigenvalue weighted by molar-refractivity contribution is 5.78. The third kappa shape index (κ3) is 1.99. The van der Waals surface area contributed by atoms with E-state index < -0.39 is 0 Å². The van der Waals surface area contributed by atoms with Crippen molar-refractivity contribution in [3.63, 3.8) is 0 Å². The smallest absolute Gasteiger partial charge is 0.134 e. The van der Waals surface area contributed by atoms with Crippen molar-refractivity contribution in [2.45, 2.75) is 46.0 Å². The van der Waals surface area contributed by atoms with Gasteiger partial charge < -0.3 is 4.42 Å². The van der Waals surface area contributed by atoms with E-state index in [1.54, 1.807) is 0 Å². The van der Waals surface area contributed by atoms with Gasteiger partial charge >= 0.3 is 0 Å². The summed E-state index contributed by atoms with van der Waals surface area (Å²) >= 11 is 0. The number of rotatable bonds is 3. The number of hydrogen-bond donors (Lipinski definition) is 0. The minimum Gasteiger partial charge on any atom is -0.461 e. The fraction of sp³-hybridized carbons (Fsp3) is 0.467. The molecule has 0 aliphatic carbocycles. The molecule has 86 valence electrons. The maximum absolute atomic E-state index is 5.91. The molecule has 0 amide bonds. The second kappa shape index (κ2) is 4.32. The summed E-state index contributed by atoms with van der Waals surface area (Å²) in [4.78, 5) is 0. The van der Waals surface area contributed by atoms with Gasteiger partial charge in [-0.3, -0.25) is 0 Å².